The lowest BCUT2D eigenvalue weighted by Gasteiger charge is -2.13. The summed E-state index contributed by atoms with van der Waals surface area (Å²) in [4.78, 5) is 24.1. The standard InChI is InChI=1S/C12H12N2O4S/c1-17-11(15)9(12(16)18-2)10-8(4-7-19-10)14-6-3-5-13-14/h3-7,9H,1-2H3. The molecule has 7 heteroatoms. The summed E-state index contributed by atoms with van der Waals surface area (Å²) < 4.78 is 10.9. The van der Waals surface area contributed by atoms with E-state index in [2.05, 4.69) is 14.6 Å². The average molecular weight is 280 g/mol. The van der Waals surface area contributed by atoms with E-state index in [0.29, 0.717) is 10.6 Å². The van der Waals surface area contributed by atoms with Crippen LogP contribution >= 0.6 is 11.3 Å². The Labute approximate surface area is 113 Å². The molecule has 0 spiro atoms. The molecule has 6 nitrogen and oxygen atoms in total. The highest BCUT2D eigenvalue weighted by Crippen LogP contribution is 2.30. The van der Waals surface area contributed by atoms with Gasteiger partial charge in [-0.15, -0.1) is 11.3 Å². The Hall–Kier alpha value is -2.15. The Bertz CT molecular complexity index is 560. The number of aromatic nitrogens is 2. The van der Waals surface area contributed by atoms with E-state index in [1.54, 1.807) is 34.6 Å². The van der Waals surface area contributed by atoms with E-state index < -0.39 is 17.9 Å². The molecule has 0 aromatic carbocycles. The van der Waals surface area contributed by atoms with Gasteiger partial charge in [-0.2, -0.15) is 5.10 Å². The Balaban J connectivity index is 2.46. The zero-order chi connectivity index (χ0) is 13.8. The summed E-state index contributed by atoms with van der Waals surface area (Å²) >= 11 is 1.28. The van der Waals surface area contributed by atoms with E-state index in [1.165, 1.54) is 25.6 Å². The third kappa shape index (κ3) is 2.50. The molecule has 0 saturated carbocycles. The summed E-state index contributed by atoms with van der Waals surface area (Å²) in [5.41, 5.74) is 0.663. The van der Waals surface area contributed by atoms with Gasteiger partial charge in [-0.3, -0.25) is 9.59 Å². The maximum absolute atomic E-state index is 11.8. The topological polar surface area (TPSA) is 70.4 Å². The van der Waals surface area contributed by atoms with Crippen molar-refractivity contribution >= 4 is 23.3 Å². The molecular weight excluding hydrogens is 268 g/mol. The number of carbonyl (C=O) groups is 2. The van der Waals surface area contributed by atoms with E-state index in [-0.39, 0.29) is 0 Å². The highest BCUT2D eigenvalue weighted by Gasteiger charge is 2.34. The van der Waals surface area contributed by atoms with Crippen LogP contribution in [-0.2, 0) is 19.1 Å². The van der Waals surface area contributed by atoms with E-state index in [0.717, 1.165) is 0 Å². The van der Waals surface area contributed by atoms with Crippen LogP contribution in [-0.4, -0.2) is 35.9 Å². The first-order valence-corrected chi connectivity index (χ1v) is 6.30. The summed E-state index contributed by atoms with van der Waals surface area (Å²) in [6, 6.07) is 3.54. The van der Waals surface area contributed by atoms with Crippen LogP contribution < -0.4 is 0 Å². The lowest BCUT2D eigenvalue weighted by atomic mass is 10.1. The van der Waals surface area contributed by atoms with Crippen LogP contribution in [0.25, 0.3) is 5.69 Å². The molecule has 2 aromatic rings. The Morgan fingerprint density at radius 2 is 2.00 bits per heavy atom. The van der Waals surface area contributed by atoms with Gasteiger partial charge in [0.05, 0.1) is 24.8 Å². The Kier molecular flexibility index (Phi) is 3.96. The molecule has 2 heterocycles. The van der Waals surface area contributed by atoms with Gasteiger partial charge in [0.2, 0.25) is 0 Å². The molecule has 0 aliphatic carbocycles. The number of nitrogens with zero attached hydrogens (tertiary/aromatic N) is 2. The summed E-state index contributed by atoms with van der Waals surface area (Å²) in [5.74, 6) is -2.39. The van der Waals surface area contributed by atoms with Crippen molar-refractivity contribution in [3.05, 3.63) is 34.8 Å². The van der Waals surface area contributed by atoms with Crippen LogP contribution in [0.1, 0.15) is 10.8 Å². The maximum atomic E-state index is 11.8. The first-order valence-electron chi connectivity index (χ1n) is 5.42. The van der Waals surface area contributed by atoms with Crippen LogP contribution in [0.4, 0.5) is 0 Å². The molecule has 0 saturated heterocycles. The van der Waals surface area contributed by atoms with Crippen molar-refractivity contribution in [2.75, 3.05) is 14.2 Å². The molecule has 0 N–H and O–H groups in total. The number of hydrogen-bond acceptors (Lipinski definition) is 6. The normalized spacial score (nSPS) is 10.5. The minimum absolute atomic E-state index is 0.544. The molecule has 0 amide bonds. The third-order valence-electron chi connectivity index (χ3n) is 2.56. The van der Waals surface area contributed by atoms with Crippen LogP contribution in [0, 0.1) is 0 Å². The van der Waals surface area contributed by atoms with Gasteiger partial charge in [0.1, 0.15) is 0 Å². The van der Waals surface area contributed by atoms with Gasteiger partial charge < -0.3 is 9.47 Å². The number of rotatable bonds is 4. The summed E-state index contributed by atoms with van der Waals surface area (Å²) in [7, 11) is 2.47. The Morgan fingerprint density at radius 3 is 2.53 bits per heavy atom. The van der Waals surface area contributed by atoms with Gasteiger partial charge in [0.25, 0.3) is 0 Å². The molecule has 0 radical (unpaired) electrons. The number of hydrogen-bond donors (Lipinski definition) is 0. The van der Waals surface area contributed by atoms with E-state index in [9.17, 15) is 9.59 Å². The first kappa shape index (κ1) is 13.3. The van der Waals surface area contributed by atoms with E-state index >= 15 is 0 Å². The largest absolute Gasteiger partial charge is 0.468 e. The van der Waals surface area contributed by atoms with E-state index in [4.69, 9.17) is 0 Å². The fourth-order valence-electron chi connectivity index (χ4n) is 1.68. The number of ether oxygens (including phenoxy) is 2. The molecule has 2 rings (SSSR count). The Morgan fingerprint density at radius 1 is 1.32 bits per heavy atom. The van der Waals surface area contributed by atoms with Crippen molar-refractivity contribution in [3.63, 3.8) is 0 Å². The van der Waals surface area contributed by atoms with Gasteiger partial charge in [0.15, 0.2) is 5.92 Å². The summed E-state index contributed by atoms with van der Waals surface area (Å²) in [6.45, 7) is 0. The number of carbonyl (C=O) groups excluding carboxylic acids is 2. The lowest BCUT2D eigenvalue weighted by Crippen LogP contribution is -2.24. The zero-order valence-electron chi connectivity index (χ0n) is 10.4. The fraction of sp³-hybridized carbons (Fsp3) is 0.250. The van der Waals surface area contributed by atoms with Gasteiger partial charge in [-0.1, -0.05) is 0 Å². The number of methoxy groups -OCH3 is 2. The fourth-order valence-corrected chi connectivity index (χ4v) is 2.63. The van der Waals surface area contributed by atoms with Gasteiger partial charge in [-0.25, -0.2) is 4.68 Å². The molecule has 0 bridgehead atoms. The molecule has 0 aliphatic heterocycles. The maximum Gasteiger partial charge on any atom is 0.325 e. The average Bonchev–Trinajstić information content (AvgIpc) is 3.08. The minimum Gasteiger partial charge on any atom is -0.468 e. The molecule has 100 valence electrons. The summed E-state index contributed by atoms with van der Waals surface area (Å²) in [5, 5.41) is 5.87. The van der Waals surface area contributed by atoms with Crippen LogP contribution in [0.3, 0.4) is 0 Å². The summed E-state index contributed by atoms with van der Waals surface area (Å²) in [6.07, 6.45) is 3.35. The molecule has 0 aliphatic rings. The monoisotopic (exact) mass is 280 g/mol. The minimum atomic E-state index is -1.09. The molecular formula is C12H12N2O4S. The third-order valence-corrected chi connectivity index (χ3v) is 3.53. The first-order chi connectivity index (χ1) is 9.19. The lowest BCUT2D eigenvalue weighted by molar-refractivity contribution is -0.154. The second kappa shape index (κ2) is 5.66. The van der Waals surface area contributed by atoms with Crippen molar-refractivity contribution in [2.24, 2.45) is 0 Å². The van der Waals surface area contributed by atoms with Gasteiger partial charge in [-0.05, 0) is 17.5 Å². The smallest absolute Gasteiger partial charge is 0.325 e. The highest BCUT2D eigenvalue weighted by molar-refractivity contribution is 7.10. The van der Waals surface area contributed by atoms with Crippen molar-refractivity contribution in [3.8, 4) is 5.69 Å². The molecule has 2 aromatic heterocycles. The van der Waals surface area contributed by atoms with Crippen LogP contribution in [0.5, 0.6) is 0 Å². The molecule has 19 heavy (non-hydrogen) atoms. The molecule has 0 unspecified atom stereocenters. The van der Waals surface area contributed by atoms with Crippen molar-refractivity contribution < 1.29 is 19.1 Å². The van der Waals surface area contributed by atoms with Crippen LogP contribution in [0.2, 0.25) is 0 Å². The predicted molar refractivity (Wildman–Crippen MR) is 68.2 cm³/mol. The molecule has 0 fully saturated rings. The van der Waals surface area contributed by atoms with Crippen molar-refractivity contribution in [2.45, 2.75) is 5.92 Å². The zero-order valence-corrected chi connectivity index (χ0v) is 11.2. The SMILES string of the molecule is COC(=O)C(C(=O)OC)c1sccc1-n1cccn1. The second-order valence-electron chi connectivity index (χ2n) is 3.60. The van der Waals surface area contributed by atoms with Gasteiger partial charge >= 0.3 is 11.9 Å². The quantitative estimate of drug-likeness (QED) is 0.625. The van der Waals surface area contributed by atoms with Crippen molar-refractivity contribution in [1.82, 2.24) is 9.78 Å². The number of thiophene rings is 1. The van der Waals surface area contributed by atoms with E-state index in [1.807, 2.05) is 0 Å². The van der Waals surface area contributed by atoms with Gasteiger partial charge in [0, 0.05) is 12.4 Å². The highest BCUT2D eigenvalue weighted by atomic mass is 32.1. The number of esters is 2. The molecule has 0 atom stereocenters. The predicted octanol–water partition coefficient (Wildman–Crippen LogP) is 1.36. The second-order valence-corrected chi connectivity index (χ2v) is 4.55. The van der Waals surface area contributed by atoms with Crippen molar-refractivity contribution in [1.29, 1.82) is 0 Å². The van der Waals surface area contributed by atoms with Crippen LogP contribution in [0.15, 0.2) is 29.9 Å².